The van der Waals surface area contributed by atoms with Crippen molar-refractivity contribution in [1.29, 1.82) is 0 Å². The molecule has 3 nitrogen and oxygen atoms in total. The van der Waals surface area contributed by atoms with E-state index in [0.717, 1.165) is 23.0 Å². The summed E-state index contributed by atoms with van der Waals surface area (Å²) in [4.78, 5) is 0. The molecule has 1 aromatic rings. The van der Waals surface area contributed by atoms with Gasteiger partial charge in [0.1, 0.15) is 17.6 Å². The Morgan fingerprint density at radius 1 is 1.25 bits per heavy atom. The van der Waals surface area contributed by atoms with Gasteiger partial charge < -0.3 is 14.6 Å². The number of aliphatic hydroxyl groups is 1. The van der Waals surface area contributed by atoms with E-state index >= 15 is 0 Å². The molecule has 1 fully saturated rings. The summed E-state index contributed by atoms with van der Waals surface area (Å²) in [6, 6.07) is 5.72. The molecule has 3 heteroatoms. The molecule has 4 atom stereocenters. The number of aliphatic hydroxyl groups excluding tert-OH is 1. The summed E-state index contributed by atoms with van der Waals surface area (Å²) in [5.74, 6) is 2.97. The molecule has 3 rings (SSSR count). The topological polar surface area (TPSA) is 38.7 Å². The lowest BCUT2D eigenvalue weighted by Gasteiger charge is -2.38. The third-order valence-corrected chi connectivity index (χ3v) is 4.81. The number of hydrogen-bond donors (Lipinski definition) is 1. The summed E-state index contributed by atoms with van der Waals surface area (Å²) in [5.41, 5.74) is 0.865. The first kappa shape index (κ1) is 13.7. The van der Waals surface area contributed by atoms with Gasteiger partial charge in [0.2, 0.25) is 0 Å². The second kappa shape index (κ2) is 5.65. The molecule has 1 N–H and O–H groups in total. The number of rotatable bonds is 2. The van der Waals surface area contributed by atoms with E-state index in [4.69, 9.17) is 9.47 Å². The lowest BCUT2D eigenvalue weighted by atomic mass is 9.77. The Morgan fingerprint density at radius 2 is 2.10 bits per heavy atom. The maximum atomic E-state index is 10.4. The third kappa shape index (κ3) is 2.64. The molecule has 20 heavy (non-hydrogen) atoms. The summed E-state index contributed by atoms with van der Waals surface area (Å²) < 4.78 is 11.4. The van der Waals surface area contributed by atoms with Crippen LogP contribution in [0.4, 0.5) is 0 Å². The lowest BCUT2D eigenvalue weighted by Crippen LogP contribution is -2.35. The van der Waals surface area contributed by atoms with Crippen LogP contribution in [0.25, 0.3) is 0 Å². The maximum Gasteiger partial charge on any atom is 0.125 e. The maximum absolute atomic E-state index is 10.4. The predicted molar refractivity (Wildman–Crippen MR) is 78.1 cm³/mol. The van der Waals surface area contributed by atoms with Crippen LogP contribution in [-0.4, -0.2) is 18.3 Å². The largest absolute Gasteiger partial charge is 0.497 e. The standard InChI is InChI=1S/C17H24O3/c1-11-4-3-5-12(8-11)17-10-15(18)14-9-13(19-2)6-7-16(14)20-17/h6-7,9,11-12,15,17-18H,3-5,8,10H2,1-2H3/t11?,12?,15-,17?/m1/s1. The predicted octanol–water partition coefficient (Wildman–Crippen LogP) is 3.71. The fourth-order valence-electron chi connectivity index (χ4n) is 3.69. The van der Waals surface area contributed by atoms with Gasteiger partial charge in [0.05, 0.1) is 13.2 Å². The first-order valence-electron chi connectivity index (χ1n) is 7.70. The first-order chi connectivity index (χ1) is 9.67. The molecule has 1 aromatic carbocycles. The van der Waals surface area contributed by atoms with Crippen molar-refractivity contribution in [2.75, 3.05) is 7.11 Å². The summed E-state index contributed by atoms with van der Waals surface area (Å²) in [6.45, 7) is 2.32. The van der Waals surface area contributed by atoms with Crippen LogP contribution in [0.1, 0.15) is 50.7 Å². The highest BCUT2D eigenvalue weighted by atomic mass is 16.5. The molecular weight excluding hydrogens is 252 g/mol. The molecule has 0 aromatic heterocycles. The van der Waals surface area contributed by atoms with Crippen LogP contribution in [0.2, 0.25) is 0 Å². The van der Waals surface area contributed by atoms with Crippen molar-refractivity contribution in [2.45, 2.75) is 51.2 Å². The summed E-state index contributed by atoms with van der Waals surface area (Å²) >= 11 is 0. The van der Waals surface area contributed by atoms with Crippen LogP contribution in [0, 0.1) is 11.8 Å². The number of fused-ring (bicyclic) bond motifs is 1. The monoisotopic (exact) mass is 276 g/mol. The Kier molecular flexibility index (Phi) is 3.88. The van der Waals surface area contributed by atoms with Crippen LogP contribution in [-0.2, 0) is 0 Å². The minimum atomic E-state index is -0.434. The van der Waals surface area contributed by atoms with Crippen molar-refractivity contribution >= 4 is 0 Å². The van der Waals surface area contributed by atoms with Crippen LogP contribution in [0.3, 0.4) is 0 Å². The Morgan fingerprint density at radius 3 is 2.85 bits per heavy atom. The van der Waals surface area contributed by atoms with E-state index in [1.54, 1.807) is 7.11 Å². The molecular formula is C17H24O3. The minimum Gasteiger partial charge on any atom is -0.497 e. The smallest absolute Gasteiger partial charge is 0.125 e. The van der Waals surface area contributed by atoms with Gasteiger partial charge in [-0.2, -0.15) is 0 Å². The van der Waals surface area contributed by atoms with E-state index in [1.807, 2.05) is 18.2 Å². The highest BCUT2D eigenvalue weighted by Gasteiger charge is 2.34. The van der Waals surface area contributed by atoms with Gasteiger partial charge in [0, 0.05) is 12.0 Å². The zero-order valence-corrected chi connectivity index (χ0v) is 12.3. The zero-order chi connectivity index (χ0) is 14.1. The summed E-state index contributed by atoms with van der Waals surface area (Å²) in [7, 11) is 1.64. The average molecular weight is 276 g/mol. The highest BCUT2D eigenvalue weighted by molar-refractivity contribution is 5.43. The van der Waals surface area contributed by atoms with Crippen LogP contribution in [0.15, 0.2) is 18.2 Å². The van der Waals surface area contributed by atoms with E-state index in [-0.39, 0.29) is 6.10 Å². The molecule has 0 spiro atoms. The minimum absolute atomic E-state index is 0.161. The molecule has 1 saturated carbocycles. The molecule has 2 aliphatic rings. The van der Waals surface area contributed by atoms with Gasteiger partial charge in [0.25, 0.3) is 0 Å². The van der Waals surface area contributed by atoms with Gasteiger partial charge in [-0.3, -0.25) is 0 Å². The fraction of sp³-hybridized carbons (Fsp3) is 0.647. The van der Waals surface area contributed by atoms with E-state index < -0.39 is 6.10 Å². The van der Waals surface area contributed by atoms with Gasteiger partial charge in [-0.1, -0.05) is 19.8 Å². The van der Waals surface area contributed by atoms with E-state index in [2.05, 4.69) is 6.92 Å². The molecule has 1 aliphatic carbocycles. The van der Waals surface area contributed by atoms with Gasteiger partial charge in [-0.25, -0.2) is 0 Å². The Balaban J connectivity index is 1.78. The molecule has 1 aliphatic heterocycles. The molecule has 0 radical (unpaired) electrons. The highest BCUT2D eigenvalue weighted by Crippen LogP contribution is 2.42. The molecule has 110 valence electrons. The van der Waals surface area contributed by atoms with Gasteiger partial charge >= 0.3 is 0 Å². The van der Waals surface area contributed by atoms with Crippen molar-refractivity contribution in [2.24, 2.45) is 11.8 Å². The molecule has 1 heterocycles. The molecule has 0 saturated heterocycles. The lowest BCUT2D eigenvalue weighted by molar-refractivity contribution is 0.0170. The van der Waals surface area contributed by atoms with Crippen LogP contribution in [0.5, 0.6) is 11.5 Å². The van der Waals surface area contributed by atoms with E-state index in [1.165, 1.54) is 25.7 Å². The van der Waals surface area contributed by atoms with Crippen molar-refractivity contribution < 1.29 is 14.6 Å². The quantitative estimate of drug-likeness (QED) is 0.895. The molecule has 0 amide bonds. The Bertz CT molecular complexity index is 471. The molecule has 0 bridgehead atoms. The van der Waals surface area contributed by atoms with Crippen molar-refractivity contribution in [3.63, 3.8) is 0 Å². The first-order valence-corrected chi connectivity index (χ1v) is 7.70. The average Bonchev–Trinajstić information content (AvgIpc) is 2.47. The fourth-order valence-corrected chi connectivity index (χ4v) is 3.69. The van der Waals surface area contributed by atoms with Crippen molar-refractivity contribution in [3.8, 4) is 11.5 Å². The SMILES string of the molecule is COc1ccc2c(c1)[C@H](O)CC(C1CCCC(C)C1)O2. The Hall–Kier alpha value is -1.22. The third-order valence-electron chi connectivity index (χ3n) is 4.81. The van der Waals surface area contributed by atoms with E-state index in [9.17, 15) is 5.11 Å². The normalized spacial score (nSPS) is 33.1. The van der Waals surface area contributed by atoms with Gasteiger partial charge in [-0.05, 0) is 42.9 Å². The zero-order valence-electron chi connectivity index (χ0n) is 12.3. The van der Waals surface area contributed by atoms with Crippen LogP contribution < -0.4 is 9.47 Å². The number of hydrogen-bond acceptors (Lipinski definition) is 3. The van der Waals surface area contributed by atoms with Crippen LogP contribution >= 0.6 is 0 Å². The van der Waals surface area contributed by atoms with Crippen molar-refractivity contribution in [3.05, 3.63) is 23.8 Å². The second-order valence-corrected chi connectivity index (χ2v) is 6.34. The van der Waals surface area contributed by atoms with Gasteiger partial charge in [0.15, 0.2) is 0 Å². The second-order valence-electron chi connectivity index (χ2n) is 6.34. The molecule has 3 unspecified atom stereocenters. The van der Waals surface area contributed by atoms with Gasteiger partial charge in [-0.15, -0.1) is 0 Å². The Labute approximate surface area is 120 Å². The number of ether oxygens (including phenoxy) is 2. The summed E-state index contributed by atoms with van der Waals surface area (Å²) in [5, 5.41) is 10.4. The number of methoxy groups -OCH3 is 1. The number of benzene rings is 1. The summed E-state index contributed by atoms with van der Waals surface area (Å²) in [6.07, 6.45) is 5.51. The van der Waals surface area contributed by atoms with E-state index in [0.29, 0.717) is 12.3 Å². The van der Waals surface area contributed by atoms with Crippen molar-refractivity contribution in [1.82, 2.24) is 0 Å².